The van der Waals surface area contributed by atoms with Gasteiger partial charge in [-0.1, -0.05) is 30.0 Å². The zero-order chi connectivity index (χ0) is 11.0. The number of rotatable bonds is 2. The van der Waals surface area contributed by atoms with Crippen molar-refractivity contribution < 1.29 is 14.3 Å². The lowest BCUT2D eigenvalue weighted by Crippen LogP contribution is -2.19. The third-order valence-electron chi connectivity index (χ3n) is 2.95. The molecule has 2 heterocycles. The van der Waals surface area contributed by atoms with Crippen LogP contribution in [-0.4, -0.2) is 24.1 Å². The van der Waals surface area contributed by atoms with Crippen LogP contribution in [0, 0.1) is 5.92 Å². The summed E-state index contributed by atoms with van der Waals surface area (Å²) >= 11 is 1.61. The van der Waals surface area contributed by atoms with Crippen molar-refractivity contribution in [3.8, 4) is 0 Å². The van der Waals surface area contributed by atoms with E-state index in [0.29, 0.717) is 6.61 Å². The molecule has 1 aromatic rings. The van der Waals surface area contributed by atoms with E-state index in [1.54, 1.807) is 11.8 Å². The monoisotopic (exact) mass is 236 g/mol. The summed E-state index contributed by atoms with van der Waals surface area (Å²) in [5.74, 6) is 0.0219. The minimum Gasteiger partial charge on any atom is -0.449 e. The molecule has 3 rings (SSSR count). The zero-order valence-corrected chi connectivity index (χ0v) is 9.48. The van der Waals surface area contributed by atoms with E-state index in [1.165, 1.54) is 0 Å². The van der Waals surface area contributed by atoms with Crippen LogP contribution in [-0.2, 0) is 14.3 Å². The molecule has 16 heavy (non-hydrogen) atoms. The van der Waals surface area contributed by atoms with E-state index >= 15 is 0 Å². The molecule has 1 aromatic carbocycles. The van der Waals surface area contributed by atoms with Crippen LogP contribution in [0.25, 0.3) is 0 Å². The summed E-state index contributed by atoms with van der Waals surface area (Å²) in [6.07, 6.45) is 0.599. The number of hydrogen-bond acceptors (Lipinski definition) is 4. The quantitative estimate of drug-likeness (QED) is 0.736. The SMILES string of the molecule is O=C1O[C@@H](Sc2ccccc2)[C@H]2CCO[C@@H]12. The highest BCUT2D eigenvalue weighted by Crippen LogP contribution is 2.41. The Morgan fingerprint density at radius 3 is 2.88 bits per heavy atom. The molecule has 2 fully saturated rings. The molecule has 3 atom stereocenters. The van der Waals surface area contributed by atoms with Crippen molar-refractivity contribution in [1.82, 2.24) is 0 Å². The lowest BCUT2D eigenvalue weighted by molar-refractivity contribution is -0.147. The van der Waals surface area contributed by atoms with Crippen LogP contribution in [0.3, 0.4) is 0 Å². The highest BCUT2D eigenvalue weighted by atomic mass is 32.2. The molecule has 0 saturated carbocycles. The van der Waals surface area contributed by atoms with Gasteiger partial charge in [-0.25, -0.2) is 4.79 Å². The highest BCUT2D eigenvalue weighted by Gasteiger charge is 2.48. The molecule has 0 aromatic heterocycles. The number of esters is 1. The molecule has 0 aliphatic carbocycles. The maximum Gasteiger partial charge on any atom is 0.336 e. The van der Waals surface area contributed by atoms with E-state index in [4.69, 9.17) is 9.47 Å². The number of hydrogen-bond donors (Lipinski definition) is 0. The van der Waals surface area contributed by atoms with Crippen molar-refractivity contribution in [3.05, 3.63) is 30.3 Å². The zero-order valence-electron chi connectivity index (χ0n) is 8.67. The lowest BCUT2D eigenvalue weighted by atomic mass is 10.1. The fraction of sp³-hybridized carbons (Fsp3) is 0.417. The van der Waals surface area contributed by atoms with Crippen molar-refractivity contribution in [1.29, 1.82) is 0 Å². The standard InChI is InChI=1S/C12H12O3S/c13-11-10-9(6-7-14-10)12(15-11)16-8-4-2-1-3-5-8/h1-5,9-10,12H,6-7H2/t9-,10+,12-/m0/s1. The predicted molar refractivity (Wildman–Crippen MR) is 60.0 cm³/mol. The minimum atomic E-state index is -0.318. The van der Waals surface area contributed by atoms with Gasteiger partial charge in [-0.15, -0.1) is 0 Å². The van der Waals surface area contributed by atoms with Gasteiger partial charge in [0.15, 0.2) is 11.5 Å². The van der Waals surface area contributed by atoms with Crippen molar-refractivity contribution in [2.75, 3.05) is 6.61 Å². The maximum atomic E-state index is 11.5. The van der Waals surface area contributed by atoms with E-state index in [2.05, 4.69) is 0 Å². The smallest absolute Gasteiger partial charge is 0.336 e. The average Bonchev–Trinajstić information content (AvgIpc) is 2.87. The molecular formula is C12H12O3S. The highest BCUT2D eigenvalue weighted by molar-refractivity contribution is 7.99. The first-order valence-electron chi connectivity index (χ1n) is 5.38. The van der Waals surface area contributed by atoms with Crippen LogP contribution in [0.4, 0.5) is 0 Å². The third-order valence-corrected chi connectivity index (χ3v) is 4.17. The van der Waals surface area contributed by atoms with Crippen LogP contribution < -0.4 is 0 Å². The molecule has 0 bridgehead atoms. The molecule has 0 spiro atoms. The first-order chi connectivity index (χ1) is 7.84. The normalized spacial score (nSPS) is 32.5. The van der Waals surface area contributed by atoms with Gasteiger partial charge in [-0.2, -0.15) is 0 Å². The molecule has 2 aliphatic rings. The second-order valence-electron chi connectivity index (χ2n) is 3.98. The summed E-state index contributed by atoms with van der Waals surface area (Å²) in [7, 11) is 0. The maximum absolute atomic E-state index is 11.5. The fourth-order valence-corrected chi connectivity index (χ4v) is 3.32. The van der Waals surface area contributed by atoms with Crippen molar-refractivity contribution in [2.24, 2.45) is 5.92 Å². The molecule has 2 saturated heterocycles. The van der Waals surface area contributed by atoms with Crippen LogP contribution >= 0.6 is 11.8 Å². The van der Waals surface area contributed by atoms with Crippen LogP contribution in [0.1, 0.15) is 6.42 Å². The molecule has 0 amide bonds. The topological polar surface area (TPSA) is 35.5 Å². The Morgan fingerprint density at radius 1 is 1.25 bits per heavy atom. The third kappa shape index (κ3) is 1.72. The Labute approximate surface area is 98.1 Å². The van der Waals surface area contributed by atoms with Crippen LogP contribution in [0.5, 0.6) is 0 Å². The van der Waals surface area contributed by atoms with Gasteiger partial charge >= 0.3 is 5.97 Å². The number of fused-ring (bicyclic) bond motifs is 1. The Morgan fingerprint density at radius 2 is 2.06 bits per heavy atom. The van der Waals surface area contributed by atoms with Gasteiger partial charge in [0.1, 0.15) is 0 Å². The summed E-state index contributed by atoms with van der Waals surface area (Å²) in [6.45, 7) is 0.677. The van der Waals surface area contributed by atoms with E-state index in [1.807, 2.05) is 30.3 Å². The lowest BCUT2D eigenvalue weighted by Gasteiger charge is -2.13. The molecule has 0 unspecified atom stereocenters. The van der Waals surface area contributed by atoms with Crippen molar-refractivity contribution >= 4 is 17.7 Å². The number of thioether (sulfide) groups is 1. The number of carbonyl (C=O) groups excluding carboxylic acids is 1. The first kappa shape index (κ1) is 10.2. The molecule has 0 N–H and O–H groups in total. The molecule has 4 heteroatoms. The largest absolute Gasteiger partial charge is 0.449 e. The van der Waals surface area contributed by atoms with Gasteiger partial charge < -0.3 is 9.47 Å². The van der Waals surface area contributed by atoms with Gasteiger partial charge in [0.05, 0.1) is 0 Å². The van der Waals surface area contributed by atoms with Gasteiger partial charge in [-0.05, 0) is 18.6 Å². The van der Waals surface area contributed by atoms with E-state index in [0.717, 1.165) is 11.3 Å². The number of benzene rings is 1. The Bertz CT molecular complexity index is 393. The fourth-order valence-electron chi connectivity index (χ4n) is 2.14. The number of ether oxygens (including phenoxy) is 2. The summed E-state index contributed by atoms with van der Waals surface area (Å²) in [5.41, 5.74) is -0.0811. The van der Waals surface area contributed by atoms with E-state index < -0.39 is 0 Å². The molecule has 0 radical (unpaired) electrons. The molecule has 84 valence electrons. The predicted octanol–water partition coefficient (Wildman–Crippen LogP) is 2.07. The van der Waals surface area contributed by atoms with E-state index in [-0.39, 0.29) is 23.4 Å². The second-order valence-corrected chi connectivity index (χ2v) is 5.15. The van der Waals surface area contributed by atoms with Gasteiger partial charge in [0.25, 0.3) is 0 Å². The number of carbonyl (C=O) groups is 1. The first-order valence-corrected chi connectivity index (χ1v) is 6.26. The molecule has 2 aliphatic heterocycles. The minimum absolute atomic E-state index is 0.0811. The summed E-state index contributed by atoms with van der Waals surface area (Å²) in [6, 6.07) is 10.0. The average molecular weight is 236 g/mol. The van der Waals surface area contributed by atoms with Crippen LogP contribution in [0.15, 0.2) is 35.2 Å². The van der Waals surface area contributed by atoms with E-state index in [9.17, 15) is 4.79 Å². The summed E-state index contributed by atoms with van der Waals surface area (Å²) in [5, 5.41) is 0. The van der Waals surface area contributed by atoms with Crippen molar-refractivity contribution in [2.45, 2.75) is 22.9 Å². The van der Waals surface area contributed by atoms with Gasteiger partial charge in [-0.3, -0.25) is 0 Å². The number of cyclic esters (lactones) is 1. The summed E-state index contributed by atoms with van der Waals surface area (Å²) < 4.78 is 10.7. The van der Waals surface area contributed by atoms with Crippen molar-refractivity contribution in [3.63, 3.8) is 0 Å². The second kappa shape index (κ2) is 4.11. The van der Waals surface area contributed by atoms with Crippen LogP contribution in [0.2, 0.25) is 0 Å². The Hall–Kier alpha value is -1.00. The Kier molecular flexibility index (Phi) is 2.61. The Balaban J connectivity index is 1.74. The van der Waals surface area contributed by atoms with Gasteiger partial charge in [0.2, 0.25) is 0 Å². The molecule has 3 nitrogen and oxygen atoms in total. The van der Waals surface area contributed by atoms with Gasteiger partial charge in [0, 0.05) is 17.4 Å². The summed E-state index contributed by atoms with van der Waals surface area (Å²) in [4.78, 5) is 12.6. The molecular weight excluding hydrogens is 224 g/mol.